The third kappa shape index (κ3) is 4.19. The summed E-state index contributed by atoms with van der Waals surface area (Å²) in [6, 6.07) is 11.4. The Balaban J connectivity index is 1.39. The molecule has 28 heavy (non-hydrogen) atoms. The van der Waals surface area contributed by atoms with Crippen LogP contribution in [0.5, 0.6) is 0 Å². The molecule has 4 heterocycles. The molecule has 4 rings (SSSR count). The maximum Gasteiger partial charge on any atom is 0.251 e. The van der Waals surface area contributed by atoms with E-state index in [1.165, 1.54) is 6.07 Å². The number of hydrogen-bond donors (Lipinski definition) is 2. The third-order valence-corrected chi connectivity index (χ3v) is 5.02. The highest BCUT2D eigenvalue weighted by Crippen LogP contribution is 2.24. The number of aromatic amines is 1. The van der Waals surface area contributed by atoms with E-state index in [-0.39, 0.29) is 5.56 Å². The monoisotopic (exact) mass is 376 g/mol. The van der Waals surface area contributed by atoms with Gasteiger partial charge in [0.15, 0.2) is 0 Å². The summed E-state index contributed by atoms with van der Waals surface area (Å²) in [7, 11) is 0. The van der Waals surface area contributed by atoms with E-state index in [2.05, 4.69) is 30.2 Å². The Kier molecular flexibility index (Phi) is 5.32. The zero-order valence-electron chi connectivity index (χ0n) is 15.9. The standard InChI is InChI=1S/C21H24N6O/c1-2-17-11-20(28)26-21(25-17)16-6-7-19(24-13-16)27-10-8-15(14-27)12-23-18-5-3-4-9-22-18/h3-7,9,11,13,15H,2,8,10,12,14H2,1H3,(H,22,23)(H,25,26,28). The summed E-state index contributed by atoms with van der Waals surface area (Å²) >= 11 is 0. The first-order valence-corrected chi connectivity index (χ1v) is 9.68. The van der Waals surface area contributed by atoms with Crippen molar-refractivity contribution >= 4 is 11.6 Å². The summed E-state index contributed by atoms with van der Waals surface area (Å²) in [5.74, 6) is 3.00. The van der Waals surface area contributed by atoms with Crippen molar-refractivity contribution in [2.75, 3.05) is 29.9 Å². The molecule has 1 aliphatic rings. The minimum absolute atomic E-state index is 0.131. The van der Waals surface area contributed by atoms with Gasteiger partial charge >= 0.3 is 0 Å². The molecule has 0 saturated carbocycles. The molecular formula is C21H24N6O. The molecule has 1 saturated heterocycles. The van der Waals surface area contributed by atoms with Crippen molar-refractivity contribution in [1.82, 2.24) is 19.9 Å². The lowest BCUT2D eigenvalue weighted by Crippen LogP contribution is -2.23. The van der Waals surface area contributed by atoms with Crippen LogP contribution in [0.3, 0.4) is 0 Å². The summed E-state index contributed by atoms with van der Waals surface area (Å²) in [6.07, 6.45) is 5.43. The van der Waals surface area contributed by atoms with Gasteiger partial charge in [-0.1, -0.05) is 13.0 Å². The molecule has 3 aromatic heterocycles. The number of hydrogen-bond acceptors (Lipinski definition) is 6. The van der Waals surface area contributed by atoms with Crippen LogP contribution in [0.4, 0.5) is 11.6 Å². The summed E-state index contributed by atoms with van der Waals surface area (Å²) in [4.78, 5) is 30.3. The van der Waals surface area contributed by atoms with Gasteiger partial charge in [-0.25, -0.2) is 15.0 Å². The number of aryl methyl sites for hydroxylation is 1. The molecule has 3 aromatic rings. The van der Waals surface area contributed by atoms with E-state index in [1.54, 1.807) is 12.4 Å². The molecule has 0 bridgehead atoms. The molecule has 0 radical (unpaired) electrons. The van der Waals surface area contributed by atoms with Crippen molar-refractivity contribution in [3.8, 4) is 11.4 Å². The fourth-order valence-corrected chi connectivity index (χ4v) is 3.46. The number of nitrogens with one attached hydrogen (secondary N) is 2. The van der Waals surface area contributed by atoms with Gasteiger partial charge in [0.05, 0.1) is 0 Å². The summed E-state index contributed by atoms with van der Waals surface area (Å²) in [5.41, 5.74) is 1.48. The van der Waals surface area contributed by atoms with Crippen molar-refractivity contribution in [3.05, 3.63) is 64.8 Å². The van der Waals surface area contributed by atoms with Gasteiger partial charge in [-0.15, -0.1) is 0 Å². The minimum atomic E-state index is -0.131. The summed E-state index contributed by atoms with van der Waals surface area (Å²) in [5, 5.41) is 3.41. The van der Waals surface area contributed by atoms with Crippen LogP contribution in [-0.2, 0) is 6.42 Å². The lowest BCUT2D eigenvalue weighted by atomic mass is 10.1. The molecule has 0 spiro atoms. The van der Waals surface area contributed by atoms with E-state index in [4.69, 9.17) is 0 Å². The molecule has 1 unspecified atom stereocenters. The quantitative estimate of drug-likeness (QED) is 0.688. The molecule has 0 aliphatic carbocycles. The Bertz CT molecular complexity index is 970. The molecule has 0 aromatic carbocycles. The molecule has 1 aliphatic heterocycles. The minimum Gasteiger partial charge on any atom is -0.370 e. The number of nitrogens with zero attached hydrogens (tertiary/aromatic N) is 4. The van der Waals surface area contributed by atoms with Crippen molar-refractivity contribution < 1.29 is 0 Å². The van der Waals surface area contributed by atoms with Crippen LogP contribution in [0.1, 0.15) is 19.0 Å². The van der Waals surface area contributed by atoms with E-state index in [9.17, 15) is 4.79 Å². The lowest BCUT2D eigenvalue weighted by molar-refractivity contribution is 0.621. The average molecular weight is 376 g/mol. The highest BCUT2D eigenvalue weighted by molar-refractivity contribution is 5.56. The molecule has 1 atom stereocenters. The van der Waals surface area contributed by atoms with E-state index < -0.39 is 0 Å². The summed E-state index contributed by atoms with van der Waals surface area (Å²) < 4.78 is 0. The zero-order chi connectivity index (χ0) is 19.3. The number of anilines is 2. The molecule has 7 nitrogen and oxygen atoms in total. The Hall–Kier alpha value is -3.22. The SMILES string of the molecule is CCc1cc(=O)[nH]c(-c2ccc(N3CCC(CNc4ccccn4)C3)nc2)n1. The fourth-order valence-electron chi connectivity index (χ4n) is 3.46. The van der Waals surface area contributed by atoms with Gasteiger partial charge < -0.3 is 15.2 Å². The van der Waals surface area contributed by atoms with Crippen LogP contribution >= 0.6 is 0 Å². The highest BCUT2D eigenvalue weighted by atomic mass is 16.1. The van der Waals surface area contributed by atoms with E-state index in [0.717, 1.165) is 55.4 Å². The van der Waals surface area contributed by atoms with Gasteiger partial charge in [-0.2, -0.15) is 0 Å². The van der Waals surface area contributed by atoms with Crippen LogP contribution in [0.15, 0.2) is 53.6 Å². The Labute approximate surface area is 163 Å². The molecule has 144 valence electrons. The van der Waals surface area contributed by atoms with Gasteiger partial charge in [-0.3, -0.25) is 4.79 Å². The normalized spacial score (nSPS) is 16.3. The van der Waals surface area contributed by atoms with Crippen LogP contribution < -0.4 is 15.8 Å². The second-order valence-corrected chi connectivity index (χ2v) is 7.04. The molecular weight excluding hydrogens is 352 g/mol. The lowest BCUT2D eigenvalue weighted by Gasteiger charge is -2.18. The highest BCUT2D eigenvalue weighted by Gasteiger charge is 2.23. The number of aromatic nitrogens is 4. The predicted molar refractivity (Wildman–Crippen MR) is 111 cm³/mol. The molecule has 0 amide bonds. The average Bonchev–Trinajstić information content (AvgIpc) is 3.22. The number of H-pyrrole nitrogens is 1. The van der Waals surface area contributed by atoms with Crippen molar-refractivity contribution in [3.63, 3.8) is 0 Å². The van der Waals surface area contributed by atoms with E-state index in [0.29, 0.717) is 11.7 Å². The predicted octanol–water partition coefficient (Wildman–Crippen LogP) is 2.73. The second-order valence-electron chi connectivity index (χ2n) is 7.04. The topological polar surface area (TPSA) is 86.8 Å². The van der Waals surface area contributed by atoms with Crippen molar-refractivity contribution in [1.29, 1.82) is 0 Å². The molecule has 7 heteroatoms. The maximum absolute atomic E-state index is 11.8. The summed E-state index contributed by atoms with van der Waals surface area (Å²) in [6.45, 7) is 4.84. The fraction of sp³-hybridized carbons (Fsp3) is 0.333. The first-order chi connectivity index (χ1) is 13.7. The zero-order valence-corrected chi connectivity index (χ0v) is 15.9. The largest absolute Gasteiger partial charge is 0.370 e. The van der Waals surface area contributed by atoms with Crippen LogP contribution in [-0.4, -0.2) is 39.6 Å². The van der Waals surface area contributed by atoms with Gasteiger partial charge in [0.25, 0.3) is 5.56 Å². The number of rotatable bonds is 6. The maximum atomic E-state index is 11.8. The Morgan fingerprint density at radius 3 is 2.93 bits per heavy atom. The second kappa shape index (κ2) is 8.21. The Morgan fingerprint density at radius 1 is 1.25 bits per heavy atom. The van der Waals surface area contributed by atoms with Gasteiger partial charge in [-0.05, 0) is 43.0 Å². The van der Waals surface area contributed by atoms with Gasteiger partial charge in [0.1, 0.15) is 17.5 Å². The van der Waals surface area contributed by atoms with Crippen molar-refractivity contribution in [2.45, 2.75) is 19.8 Å². The van der Waals surface area contributed by atoms with Crippen LogP contribution in [0, 0.1) is 5.92 Å². The smallest absolute Gasteiger partial charge is 0.251 e. The van der Waals surface area contributed by atoms with E-state index >= 15 is 0 Å². The van der Waals surface area contributed by atoms with Gasteiger partial charge in [0.2, 0.25) is 0 Å². The third-order valence-electron chi connectivity index (χ3n) is 5.02. The van der Waals surface area contributed by atoms with Gasteiger partial charge in [0, 0.05) is 49.4 Å². The van der Waals surface area contributed by atoms with E-state index in [1.807, 2.05) is 37.3 Å². The Morgan fingerprint density at radius 2 is 2.18 bits per heavy atom. The first-order valence-electron chi connectivity index (χ1n) is 9.68. The molecule has 2 N–H and O–H groups in total. The molecule has 1 fully saturated rings. The van der Waals surface area contributed by atoms with Crippen molar-refractivity contribution in [2.24, 2.45) is 5.92 Å². The van der Waals surface area contributed by atoms with Crippen LogP contribution in [0.25, 0.3) is 11.4 Å². The van der Waals surface area contributed by atoms with Crippen LogP contribution in [0.2, 0.25) is 0 Å². The first kappa shape index (κ1) is 18.2. The number of pyridine rings is 2.